The minimum atomic E-state index is -5.08. The number of hydrogen-bond donors (Lipinski definition) is 2. The van der Waals surface area contributed by atoms with Crippen molar-refractivity contribution in [2.75, 3.05) is 50.6 Å². The topological polar surface area (TPSA) is 120 Å². The van der Waals surface area contributed by atoms with Crippen molar-refractivity contribution in [2.24, 2.45) is 7.05 Å². The summed E-state index contributed by atoms with van der Waals surface area (Å²) in [6.45, 7) is 2.05. The number of nitrogens with one attached hydrogen (secondary N) is 1. The number of methoxy groups -OCH3 is 1. The summed E-state index contributed by atoms with van der Waals surface area (Å²) in [5, 5.41) is 14.3. The van der Waals surface area contributed by atoms with Gasteiger partial charge in [-0.2, -0.15) is 18.3 Å². The summed E-state index contributed by atoms with van der Waals surface area (Å²) in [4.78, 5) is 40.0. The Labute approximate surface area is 205 Å². The van der Waals surface area contributed by atoms with Crippen LogP contribution in [0.2, 0.25) is 0 Å². The molecule has 0 bridgehead atoms. The zero-order valence-corrected chi connectivity index (χ0v) is 19.9. The molecule has 2 N–H and O–H groups in total. The Morgan fingerprint density at radius 1 is 1.22 bits per heavy atom. The van der Waals surface area contributed by atoms with Gasteiger partial charge in [0.1, 0.15) is 5.75 Å². The number of carbonyl (C=O) groups excluding carboxylic acids is 2. The number of carbonyl (C=O) groups is 3. The van der Waals surface area contributed by atoms with Crippen LogP contribution in [0.4, 0.5) is 29.3 Å². The van der Waals surface area contributed by atoms with Crippen LogP contribution in [-0.2, 0) is 16.6 Å². The lowest BCUT2D eigenvalue weighted by Gasteiger charge is -2.46. The number of rotatable bonds is 3. The number of hydrogen-bond acceptors (Lipinski definition) is 6. The molecule has 0 radical (unpaired) electrons. The van der Waals surface area contributed by atoms with Crippen LogP contribution in [0.25, 0.3) is 0 Å². The SMILES string of the molecule is COc1cccc(NC(=O)N2CCC3(C2)CN(c2cnn(C)c2)C(=O)CN3C)c1.O=C(O)C(F)(F)F. The van der Waals surface area contributed by atoms with E-state index in [4.69, 9.17) is 14.6 Å². The number of nitrogens with zero attached hydrogens (tertiary/aromatic N) is 5. The molecule has 1 atom stereocenters. The summed E-state index contributed by atoms with van der Waals surface area (Å²) >= 11 is 0. The molecular formula is C22H27F3N6O5. The first-order valence-electron chi connectivity index (χ1n) is 10.8. The largest absolute Gasteiger partial charge is 0.497 e. The van der Waals surface area contributed by atoms with E-state index >= 15 is 0 Å². The molecule has 2 aliphatic heterocycles. The molecule has 2 saturated heterocycles. The number of piperazine rings is 1. The van der Waals surface area contributed by atoms with Gasteiger partial charge in [-0.15, -0.1) is 0 Å². The third-order valence-corrected chi connectivity index (χ3v) is 6.12. The van der Waals surface area contributed by atoms with E-state index in [1.165, 1.54) is 0 Å². The van der Waals surface area contributed by atoms with E-state index < -0.39 is 12.1 Å². The molecule has 1 aromatic carbocycles. The van der Waals surface area contributed by atoms with E-state index in [0.29, 0.717) is 37.6 Å². The fraction of sp³-hybridized carbons (Fsp3) is 0.455. The molecule has 3 amide bonds. The van der Waals surface area contributed by atoms with Crippen molar-refractivity contribution in [3.63, 3.8) is 0 Å². The second-order valence-electron chi connectivity index (χ2n) is 8.57. The van der Waals surface area contributed by atoms with Crippen molar-refractivity contribution < 1.29 is 37.4 Å². The Hall–Kier alpha value is -3.81. The van der Waals surface area contributed by atoms with Gasteiger partial charge in [-0.3, -0.25) is 14.4 Å². The van der Waals surface area contributed by atoms with Gasteiger partial charge >= 0.3 is 18.2 Å². The zero-order valence-electron chi connectivity index (χ0n) is 19.9. The number of urea groups is 1. The summed E-state index contributed by atoms with van der Waals surface area (Å²) in [7, 11) is 5.39. The summed E-state index contributed by atoms with van der Waals surface area (Å²) in [5.41, 5.74) is 1.22. The average molecular weight is 512 g/mol. The van der Waals surface area contributed by atoms with Gasteiger partial charge in [-0.1, -0.05) is 6.07 Å². The Balaban J connectivity index is 0.000000454. The smallest absolute Gasteiger partial charge is 0.490 e. The first kappa shape index (κ1) is 26.8. The second-order valence-corrected chi connectivity index (χ2v) is 8.57. The van der Waals surface area contributed by atoms with Gasteiger partial charge in [0.05, 0.1) is 31.1 Å². The molecule has 1 spiro atoms. The predicted molar refractivity (Wildman–Crippen MR) is 123 cm³/mol. The molecule has 1 unspecified atom stereocenters. The number of aromatic nitrogens is 2. The average Bonchev–Trinajstić information content (AvgIpc) is 3.44. The molecule has 0 aliphatic carbocycles. The number of likely N-dealkylation sites (tertiary alicyclic amines) is 1. The quantitative estimate of drug-likeness (QED) is 0.646. The van der Waals surface area contributed by atoms with Crippen LogP contribution in [-0.4, -0.2) is 94.6 Å². The molecule has 2 fully saturated rings. The first-order valence-corrected chi connectivity index (χ1v) is 10.8. The maximum absolute atomic E-state index is 12.8. The fourth-order valence-corrected chi connectivity index (χ4v) is 4.12. The van der Waals surface area contributed by atoms with Gasteiger partial charge in [0.2, 0.25) is 5.91 Å². The lowest BCUT2D eigenvalue weighted by molar-refractivity contribution is -0.192. The Kier molecular flexibility index (Phi) is 7.77. The summed E-state index contributed by atoms with van der Waals surface area (Å²) in [6, 6.07) is 7.16. The Morgan fingerprint density at radius 2 is 1.92 bits per heavy atom. The molecule has 1 aromatic heterocycles. The van der Waals surface area contributed by atoms with E-state index in [9.17, 15) is 22.8 Å². The molecule has 4 rings (SSSR count). The molecular weight excluding hydrogens is 485 g/mol. The molecule has 0 saturated carbocycles. The van der Waals surface area contributed by atoms with Crippen molar-refractivity contribution in [1.82, 2.24) is 19.6 Å². The van der Waals surface area contributed by atoms with Crippen LogP contribution in [0.1, 0.15) is 6.42 Å². The van der Waals surface area contributed by atoms with Crippen LogP contribution >= 0.6 is 0 Å². The summed E-state index contributed by atoms with van der Waals surface area (Å²) in [5.74, 6) is -2.02. The number of ether oxygens (including phenoxy) is 1. The van der Waals surface area contributed by atoms with Gasteiger partial charge in [-0.05, 0) is 25.6 Å². The predicted octanol–water partition coefficient (Wildman–Crippen LogP) is 2.02. The molecule has 3 heterocycles. The fourth-order valence-electron chi connectivity index (χ4n) is 4.12. The van der Waals surface area contributed by atoms with Crippen molar-refractivity contribution in [2.45, 2.75) is 18.1 Å². The lowest BCUT2D eigenvalue weighted by Crippen LogP contribution is -2.64. The standard InChI is InChI=1S/C20H26N6O3.C2HF3O2/c1-23-12-18(27)26(16-10-21-24(2)11-16)14-20(23)7-8-25(13-20)19(28)22-15-5-4-6-17(9-15)29-3;3-2(4,5)1(6)7/h4-6,9-11H,7-8,12-14H2,1-3H3,(H,22,28);(H,6,7). The highest BCUT2D eigenvalue weighted by Gasteiger charge is 2.49. The van der Waals surface area contributed by atoms with Gasteiger partial charge in [0.15, 0.2) is 0 Å². The second kappa shape index (κ2) is 10.4. The van der Waals surface area contributed by atoms with Gasteiger partial charge < -0.3 is 25.0 Å². The lowest BCUT2D eigenvalue weighted by atomic mass is 9.93. The molecule has 2 aromatic rings. The molecule has 11 nitrogen and oxygen atoms in total. The molecule has 2 aliphatic rings. The van der Waals surface area contributed by atoms with Crippen molar-refractivity contribution in [3.8, 4) is 5.75 Å². The number of likely N-dealkylation sites (N-methyl/N-ethyl adjacent to an activating group) is 1. The minimum Gasteiger partial charge on any atom is -0.497 e. The monoisotopic (exact) mass is 512 g/mol. The van der Waals surface area contributed by atoms with Crippen LogP contribution in [0.5, 0.6) is 5.75 Å². The van der Waals surface area contributed by atoms with Crippen LogP contribution in [0, 0.1) is 0 Å². The number of aliphatic carboxylic acids is 1. The zero-order chi connectivity index (χ0) is 26.7. The molecule has 36 heavy (non-hydrogen) atoms. The maximum Gasteiger partial charge on any atom is 0.490 e. The van der Waals surface area contributed by atoms with E-state index in [1.54, 1.807) is 29.0 Å². The summed E-state index contributed by atoms with van der Waals surface area (Å²) < 4.78 is 38.6. The highest BCUT2D eigenvalue weighted by molar-refractivity contribution is 5.96. The Bertz CT molecular complexity index is 1120. The number of alkyl halides is 3. The highest BCUT2D eigenvalue weighted by Crippen LogP contribution is 2.33. The Morgan fingerprint density at radius 3 is 2.50 bits per heavy atom. The normalized spacial score (nSPS) is 20.2. The van der Waals surface area contributed by atoms with E-state index in [2.05, 4.69) is 15.3 Å². The van der Waals surface area contributed by atoms with E-state index in [0.717, 1.165) is 12.1 Å². The number of anilines is 2. The number of aryl methyl sites for hydroxylation is 1. The van der Waals surface area contributed by atoms with Gasteiger partial charge in [0, 0.05) is 44.6 Å². The first-order chi connectivity index (χ1) is 16.8. The number of carboxylic acid groups (broad SMARTS) is 1. The highest BCUT2D eigenvalue weighted by atomic mass is 19.4. The number of benzene rings is 1. The summed E-state index contributed by atoms with van der Waals surface area (Å²) in [6.07, 6.45) is -0.725. The number of halogens is 3. The third kappa shape index (κ3) is 6.05. The number of amides is 3. The van der Waals surface area contributed by atoms with E-state index in [1.807, 2.05) is 43.4 Å². The van der Waals surface area contributed by atoms with Crippen molar-refractivity contribution in [3.05, 3.63) is 36.7 Å². The minimum absolute atomic E-state index is 0.0467. The van der Waals surface area contributed by atoms with Crippen molar-refractivity contribution in [1.29, 1.82) is 0 Å². The van der Waals surface area contributed by atoms with E-state index in [-0.39, 0.29) is 17.5 Å². The van der Waals surface area contributed by atoms with Crippen LogP contribution in [0.15, 0.2) is 36.7 Å². The van der Waals surface area contributed by atoms with Crippen LogP contribution < -0.4 is 15.0 Å². The van der Waals surface area contributed by atoms with Crippen molar-refractivity contribution >= 4 is 29.3 Å². The van der Waals surface area contributed by atoms with Gasteiger partial charge in [-0.25, -0.2) is 9.59 Å². The maximum atomic E-state index is 12.8. The van der Waals surface area contributed by atoms with Gasteiger partial charge in [0.25, 0.3) is 0 Å². The number of carboxylic acids is 1. The molecule has 14 heteroatoms. The molecule has 196 valence electrons. The van der Waals surface area contributed by atoms with Crippen LogP contribution in [0.3, 0.4) is 0 Å². The third-order valence-electron chi connectivity index (χ3n) is 6.12.